The van der Waals surface area contributed by atoms with Gasteiger partial charge in [0.2, 0.25) is 5.91 Å². The molecule has 9 nitrogen and oxygen atoms in total. The number of guanidine groups is 1. The predicted molar refractivity (Wildman–Crippen MR) is 109 cm³/mol. The van der Waals surface area contributed by atoms with Gasteiger partial charge in [-0.3, -0.25) is 14.7 Å². The van der Waals surface area contributed by atoms with Crippen LogP contribution in [0.1, 0.15) is 17.5 Å². The number of hydrogen-bond donors (Lipinski definition) is 3. The molecule has 2 fully saturated rings. The largest absolute Gasteiger partial charge is 0.493 e. The highest BCUT2D eigenvalue weighted by atomic mass is 16.5. The first-order valence-corrected chi connectivity index (χ1v) is 9.89. The van der Waals surface area contributed by atoms with Gasteiger partial charge in [-0.05, 0) is 25.0 Å². The highest BCUT2D eigenvalue weighted by Gasteiger charge is 2.27. The third-order valence-electron chi connectivity index (χ3n) is 4.96. The van der Waals surface area contributed by atoms with Gasteiger partial charge in [-0.2, -0.15) is 0 Å². The van der Waals surface area contributed by atoms with E-state index in [0.717, 1.165) is 36.5 Å². The molecule has 2 aliphatic rings. The fourth-order valence-electron chi connectivity index (χ4n) is 3.23. The monoisotopic (exact) mass is 403 g/mol. The molecule has 158 valence electrons. The molecule has 0 spiro atoms. The van der Waals surface area contributed by atoms with Crippen LogP contribution in [0.2, 0.25) is 0 Å². The van der Waals surface area contributed by atoms with Gasteiger partial charge in [-0.15, -0.1) is 0 Å². The second-order valence-electron chi connectivity index (χ2n) is 7.21. The number of aliphatic imine (C=N–C) groups is 1. The van der Waals surface area contributed by atoms with E-state index in [4.69, 9.17) is 9.47 Å². The van der Waals surface area contributed by atoms with Crippen molar-refractivity contribution in [3.05, 3.63) is 29.3 Å². The number of hydrogen-bond acceptors (Lipinski definition) is 5. The molecular weight excluding hydrogens is 374 g/mol. The van der Waals surface area contributed by atoms with Crippen molar-refractivity contribution in [3.63, 3.8) is 0 Å². The van der Waals surface area contributed by atoms with Gasteiger partial charge in [0.05, 0.1) is 19.8 Å². The first kappa shape index (κ1) is 20.9. The van der Waals surface area contributed by atoms with Crippen LogP contribution in [-0.2, 0) is 16.1 Å². The molecule has 1 aromatic carbocycles. The summed E-state index contributed by atoms with van der Waals surface area (Å²) in [6, 6.07) is 5.79. The Morgan fingerprint density at radius 1 is 1.38 bits per heavy atom. The van der Waals surface area contributed by atoms with E-state index in [1.807, 2.05) is 19.1 Å². The molecule has 0 aliphatic carbocycles. The molecule has 1 atom stereocenters. The van der Waals surface area contributed by atoms with Crippen molar-refractivity contribution in [1.82, 2.24) is 20.9 Å². The van der Waals surface area contributed by atoms with Gasteiger partial charge in [-0.1, -0.05) is 12.1 Å². The zero-order chi connectivity index (χ0) is 20.6. The fourth-order valence-corrected chi connectivity index (χ4v) is 3.23. The zero-order valence-electron chi connectivity index (χ0n) is 17.0. The Morgan fingerprint density at radius 3 is 2.93 bits per heavy atom. The maximum atomic E-state index is 11.6. The smallest absolute Gasteiger partial charge is 0.324 e. The minimum absolute atomic E-state index is 0.0645. The summed E-state index contributed by atoms with van der Waals surface area (Å²) in [6.07, 6.45) is 1.04. The normalized spacial score (nSPS) is 19.4. The number of nitrogens with one attached hydrogen (secondary N) is 3. The van der Waals surface area contributed by atoms with Crippen LogP contribution in [0, 0.1) is 12.8 Å². The Kier molecular flexibility index (Phi) is 7.29. The van der Waals surface area contributed by atoms with Crippen LogP contribution in [0.4, 0.5) is 4.79 Å². The summed E-state index contributed by atoms with van der Waals surface area (Å²) in [5.74, 6) is 1.68. The lowest BCUT2D eigenvalue weighted by atomic mass is 10.1. The second kappa shape index (κ2) is 10.1. The van der Waals surface area contributed by atoms with Crippen molar-refractivity contribution in [2.45, 2.75) is 19.9 Å². The van der Waals surface area contributed by atoms with Gasteiger partial charge in [0.1, 0.15) is 5.75 Å². The minimum atomic E-state index is -0.353. The van der Waals surface area contributed by atoms with Crippen molar-refractivity contribution in [2.24, 2.45) is 10.9 Å². The number of urea groups is 1. The summed E-state index contributed by atoms with van der Waals surface area (Å²) in [7, 11) is 1.68. The number of amides is 3. The first-order chi connectivity index (χ1) is 14.1. The summed E-state index contributed by atoms with van der Waals surface area (Å²) < 4.78 is 11.5. The van der Waals surface area contributed by atoms with Crippen LogP contribution < -0.4 is 20.7 Å². The van der Waals surface area contributed by atoms with Gasteiger partial charge < -0.3 is 25.4 Å². The zero-order valence-corrected chi connectivity index (χ0v) is 17.0. The van der Waals surface area contributed by atoms with E-state index in [0.29, 0.717) is 31.6 Å². The van der Waals surface area contributed by atoms with E-state index in [2.05, 4.69) is 27.0 Å². The molecule has 3 N–H and O–H groups in total. The summed E-state index contributed by atoms with van der Waals surface area (Å²) in [5.41, 5.74) is 2.18. The summed E-state index contributed by atoms with van der Waals surface area (Å²) in [5, 5.41) is 8.88. The van der Waals surface area contributed by atoms with Crippen LogP contribution in [0.25, 0.3) is 0 Å². The first-order valence-electron chi connectivity index (χ1n) is 9.89. The van der Waals surface area contributed by atoms with Crippen molar-refractivity contribution in [3.8, 4) is 5.75 Å². The molecule has 0 radical (unpaired) electrons. The SMILES string of the molecule is CN=C(NCCN1C(=O)CNC1=O)NCc1ccc(C)cc1OCC1CCOC1. The Bertz CT molecular complexity index is 745. The summed E-state index contributed by atoms with van der Waals surface area (Å²) >= 11 is 0. The van der Waals surface area contributed by atoms with Gasteiger partial charge in [-0.25, -0.2) is 4.79 Å². The molecule has 2 saturated heterocycles. The van der Waals surface area contributed by atoms with E-state index < -0.39 is 0 Å². The number of imide groups is 1. The van der Waals surface area contributed by atoms with Crippen LogP contribution in [0.3, 0.4) is 0 Å². The van der Waals surface area contributed by atoms with Crippen LogP contribution >= 0.6 is 0 Å². The molecule has 3 rings (SSSR count). The number of carbonyl (C=O) groups excluding carboxylic acids is 2. The van der Waals surface area contributed by atoms with Crippen LogP contribution in [-0.4, -0.2) is 69.3 Å². The highest BCUT2D eigenvalue weighted by molar-refractivity contribution is 6.01. The molecule has 2 heterocycles. The van der Waals surface area contributed by atoms with Gasteiger partial charge in [0.15, 0.2) is 5.96 Å². The van der Waals surface area contributed by atoms with Crippen molar-refractivity contribution in [2.75, 3.05) is 46.5 Å². The quantitative estimate of drug-likeness (QED) is 0.334. The molecule has 3 amide bonds. The molecule has 2 aliphatic heterocycles. The molecule has 0 bridgehead atoms. The molecule has 1 unspecified atom stereocenters. The van der Waals surface area contributed by atoms with E-state index >= 15 is 0 Å². The van der Waals surface area contributed by atoms with Crippen molar-refractivity contribution < 1.29 is 19.1 Å². The van der Waals surface area contributed by atoms with Crippen LogP contribution in [0.15, 0.2) is 23.2 Å². The third-order valence-corrected chi connectivity index (χ3v) is 4.96. The van der Waals surface area contributed by atoms with E-state index in [-0.39, 0.29) is 25.0 Å². The number of rotatable bonds is 8. The average Bonchev–Trinajstić information content (AvgIpc) is 3.34. The number of benzene rings is 1. The standard InChI is InChI=1S/C20H29N5O4/c1-14-3-4-16(17(9-14)29-13-15-5-8-28-12-15)10-23-19(21-2)22-6-7-25-18(26)11-24-20(25)27/h3-4,9,15H,5-8,10-13H2,1-2H3,(H,24,27)(H2,21,22,23). The lowest BCUT2D eigenvalue weighted by Gasteiger charge is -2.18. The van der Waals surface area contributed by atoms with E-state index in [1.165, 1.54) is 4.90 Å². The molecule has 0 saturated carbocycles. The number of nitrogens with zero attached hydrogens (tertiary/aromatic N) is 2. The lowest BCUT2D eigenvalue weighted by Crippen LogP contribution is -2.43. The molecule has 9 heteroatoms. The van der Waals surface area contributed by atoms with Crippen molar-refractivity contribution in [1.29, 1.82) is 0 Å². The maximum absolute atomic E-state index is 11.6. The number of carbonyl (C=O) groups is 2. The lowest BCUT2D eigenvalue weighted by molar-refractivity contribution is -0.124. The van der Waals surface area contributed by atoms with E-state index in [9.17, 15) is 9.59 Å². The van der Waals surface area contributed by atoms with Gasteiger partial charge >= 0.3 is 6.03 Å². The molecule has 0 aromatic heterocycles. The Morgan fingerprint density at radius 2 is 2.24 bits per heavy atom. The van der Waals surface area contributed by atoms with Crippen LogP contribution in [0.5, 0.6) is 5.75 Å². The predicted octanol–water partition coefficient (Wildman–Crippen LogP) is 0.627. The average molecular weight is 403 g/mol. The fraction of sp³-hybridized carbons (Fsp3) is 0.550. The molecular formula is C20H29N5O4. The van der Waals surface area contributed by atoms with E-state index in [1.54, 1.807) is 7.05 Å². The van der Waals surface area contributed by atoms with Gasteiger partial charge in [0.25, 0.3) is 0 Å². The topological polar surface area (TPSA) is 104 Å². The summed E-state index contributed by atoms with van der Waals surface area (Å²) in [6.45, 7) is 5.56. The maximum Gasteiger partial charge on any atom is 0.324 e. The third kappa shape index (κ3) is 5.83. The Balaban J connectivity index is 1.49. The van der Waals surface area contributed by atoms with Gasteiger partial charge in [0, 0.05) is 44.8 Å². The molecule has 1 aromatic rings. The number of ether oxygens (including phenoxy) is 2. The minimum Gasteiger partial charge on any atom is -0.493 e. The second-order valence-corrected chi connectivity index (χ2v) is 7.21. The highest BCUT2D eigenvalue weighted by Crippen LogP contribution is 2.22. The Labute approximate surface area is 170 Å². The summed E-state index contributed by atoms with van der Waals surface area (Å²) in [4.78, 5) is 28.6. The Hall–Kier alpha value is -2.81. The number of aryl methyl sites for hydroxylation is 1. The molecule has 29 heavy (non-hydrogen) atoms. The van der Waals surface area contributed by atoms with Crippen molar-refractivity contribution >= 4 is 17.9 Å².